The minimum absolute atomic E-state index is 0.0548. The first kappa shape index (κ1) is 18.9. The van der Waals surface area contributed by atoms with Crippen molar-refractivity contribution in [1.82, 2.24) is 19.9 Å². The zero-order valence-electron chi connectivity index (χ0n) is 16.6. The van der Waals surface area contributed by atoms with Crippen LogP contribution in [0.15, 0.2) is 29.0 Å². The average molecular weight is 384 g/mol. The third-order valence-corrected chi connectivity index (χ3v) is 5.94. The van der Waals surface area contributed by atoms with E-state index in [1.165, 1.54) is 0 Å². The van der Waals surface area contributed by atoms with E-state index in [1.807, 2.05) is 24.0 Å². The quantitative estimate of drug-likeness (QED) is 0.807. The number of ether oxygens (including phenoxy) is 1. The SMILES string of the molecule is Cc1noc(C)c1C(=O)N1CCC(N2CCC(Oc3ccncc3)CC2)CC1. The van der Waals surface area contributed by atoms with E-state index in [-0.39, 0.29) is 12.0 Å². The standard InChI is InChI=1S/C21H28N4O3/c1-15-20(16(2)28-23-15)21(26)25-11-5-17(6-12-25)24-13-7-19(8-14-24)27-18-3-9-22-10-4-18/h3-4,9-10,17,19H,5-8,11-14H2,1-2H3. The molecule has 0 atom stereocenters. The molecule has 0 unspecified atom stereocenters. The summed E-state index contributed by atoms with van der Waals surface area (Å²) >= 11 is 0. The summed E-state index contributed by atoms with van der Waals surface area (Å²) in [5.74, 6) is 1.57. The molecule has 0 saturated carbocycles. The lowest BCUT2D eigenvalue weighted by Crippen LogP contribution is -2.50. The molecule has 0 radical (unpaired) electrons. The van der Waals surface area contributed by atoms with E-state index in [1.54, 1.807) is 19.3 Å². The van der Waals surface area contributed by atoms with Crippen molar-refractivity contribution in [3.05, 3.63) is 41.5 Å². The predicted octanol–water partition coefficient (Wildman–Crippen LogP) is 2.83. The van der Waals surface area contributed by atoms with Crippen LogP contribution in [0.25, 0.3) is 0 Å². The highest BCUT2D eigenvalue weighted by Gasteiger charge is 2.32. The summed E-state index contributed by atoms with van der Waals surface area (Å²) in [7, 11) is 0. The summed E-state index contributed by atoms with van der Waals surface area (Å²) in [6, 6.07) is 4.38. The van der Waals surface area contributed by atoms with Gasteiger partial charge in [-0.05, 0) is 51.7 Å². The molecular weight excluding hydrogens is 356 g/mol. The smallest absolute Gasteiger partial charge is 0.259 e. The van der Waals surface area contributed by atoms with Gasteiger partial charge in [0.25, 0.3) is 5.91 Å². The number of pyridine rings is 1. The van der Waals surface area contributed by atoms with E-state index in [2.05, 4.69) is 15.0 Å². The van der Waals surface area contributed by atoms with Crippen LogP contribution in [-0.2, 0) is 0 Å². The Hall–Kier alpha value is -2.41. The van der Waals surface area contributed by atoms with Gasteiger partial charge in [0.2, 0.25) is 0 Å². The second-order valence-electron chi connectivity index (χ2n) is 7.76. The highest BCUT2D eigenvalue weighted by atomic mass is 16.5. The average Bonchev–Trinajstić information content (AvgIpc) is 3.07. The summed E-state index contributed by atoms with van der Waals surface area (Å²) in [5.41, 5.74) is 1.31. The van der Waals surface area contributed by atoms with E-state index in [0.29, 0.717) is 23.1 Å². The molecule has 0 bridgehead atoms. The summed E-state index contributed by atoms with van der Waals surface area (Å²) in [5, 5.41) is 3.91. The fourth-order valence-electron chi connectivity index (χ4n) is 4.35. The summed E-state index contributed by atoms with van der Waals surface area (Å²) in [4.78, 5) is 21.3. The Morgan fingerprint density at radius 1 is 1.07 bits per heavy atom. The van der Waals surface area contributed by atoms with Gasteiger partial charge in [0, 0.05) is 44.6 Å². The molecule has 0 aliphatic carbocycles. The first-order valence-corrected chi connectivity index (χ1v) is 10.1. The van der Waals surface area contributed by atoms with Crippen LogP contribution in [0.5, 0.6) is 5.75 Å². The summed E-state index contributed by atoms with van der Waals surface area (Å²) in [6.45, 7) is 7.32. The van der Waals surface area contributed by atoms with Crippen LogP contribution in [0, 0.1) is 13.8 Å². The Morgan fingerprint density at radius 2 is 1.75 bits per heavy atom. The van der Waals surface area contributed by atoms with Gasteiger partial charge in [0.15, 0.2) is 0 Å². The second kappa shape index (κ2) is 8.31. The number of amides is 1. The van der Waals surface area contributed by atoms with Crippen LogP contribution >= 0.6 is 0 Å². The number of nitrogens with zero attached hydrogens (tertiary/aromatic N) is 4. The normalized spacial score (nSPS) is 19.7. The van der Waals surface area contributed by atoms with Crippen LogP contribution in [0.3, 0.4) is 0 Å². The molecule has 2 aromatic rings. The summed E-state index contributed by atoms with van der Waals surface area (Å²) in [6.07, 6.45) is 7.93. The number of aryl methyl sites for hydroxylation is 2. The molecule has 2 saturated heterocycles. The number of carbonyl (C=O) groups is 1. The number of piperidine rings is 2. The maximum Gasteiger partial charge on any atom is 0.259 e. The van der Waals surface area contributed by atoms with Crippen LogP contribution < -0.4 is 4.74 Å². The molecule has 150 valence electrons. The third kappa shape index (κ3) is 4.04. The fourth-order valence-corrected chi connectivity index (χ4v) is 4.35. The number of likely N-dealkylation sites (tertiary alicyclic amines) is 2. The molecule has 1 amide bonds. The molecule has 7 heteroatoms. The Kier molecular flexibility index (Phi) is 5.62. The van der Waals surface area contributed by atoms with Gasteiger partial charge in [-0.25, -0.2) is 0 Å². The Labute approximate surface area is 165 Å². The molecule has 4 rings (SSSR count). The topological polar surface area (TPSA) is 71.7 Å². The van der Waals surface area contributed by atoms with Crippen molar-refractivity contribution in [3.63, 3.8) is 0 Å². The van der Waals surface area contributed by atoms with E-state index >= 15 is 0 Å². The van der Waals surface area contributed by atoms with Crippen molar-refractivity contribution >= 4 is 5.91 Å². The van der Waals surface area contributed by atoms with E-state index in [9.17, 15) is 4.79 Å². The Balaban J connectivity index is 1.25. The van der Waals surface area contributed by atoms with Crippen molar-refractivity contribution in [2.75, 3.05) is 26.2 Å². The Morgan fingerprint density at radius 3 is 2.36 bits per heavy atom. The molecular formula is C21H28N4O3. The zero-order chi connectivity index (χ0) is 19.5. The minimum Gasteiger partial charge on any atom is -0.490 e. The monoisotopic (exact) mass is 384 g/mol. The van der Waals surface area contributed by atoms with Crippen LogP contribution in [0.4, 0.5) is 0 Å². The molecule has 7 nitrogen and oxygen atoms in total. The van der Waals surface area contributed by atoms with Crippen molar-refractivity contribution in [1.29, 1.82) is 0 Å². The lowest BCUT2D eigenvalue weighted by Gasteiger charge is -2.41. The molecule has 0 N–H and O–H groups in total. The highest BCUT2D eigenvalue weighted by Crippen LogP contribution is 2.25. The first-order valence-electron chi connectivity index (χ1n) is 10.1. The fraction of sp³-hybridized carbons (Fsp3) is 0.571. The van der Waals surface area contributed by atoms with Crippen molar-refractivity contribution in [2.45, 2.75) is 51.7 Å². The number of hydrogen-bond donors (Lipinski definition) is 0. The lowest BCUT2D eigenvalue weighted by molar-refractivity contribution is 0.0424. The maximum absolute atomic E-state index is 12.8. The van der Waals surface area contributed by atoms with E-state index in [4.69, 9.17) is 9.26 Å². The molecule has 0 spiro atoms. The van der Waals surface area contributed by atoms with Gasteiger partial charge < -0.3 is 14.2 Å². The molecule has 0 aromatic carbocycles. The molecule has 2 fully saturated rings. The van der Waals surface area contributed by atoms with Crippen LogP contribution in [0.2, 0.25) is 0 Å². The number of carbonyl (C=O) groups excluding carboxylic acids is 1. The van der Waals surface area contributed by atoms with Crippen LogP contribution in [-0.4, -0.2) is 64.2 Å². The van der Waals surface area contributed by atoms with Gasteiger partial charge in [0.05, 0.1) is 5.69 Å². The lowest BCUT2D eigenvalue weighted by atomic mass is 9.98. The number of aromatic nitrogens is 2. The van der Waals surface area contributed by atoms with E-state index < -0.39 is 0 Å². The van der Waals surface area contributed by atoms with Crippen molar-refractivity contribution in [3.8, 4) is 5.75 Å². The molecule has 2 aliphatic rings. The zero-order valence-corrected chi connectivity index (χ0v) is 16.6. The summed E-state index contributed by atoms with van der Waals surface area (Å²) < 4.78 is 11.2. The van der Waals surface area contributed by atoms with Gasteiger partial charge in [-0.1, -0.05) is 5.16 Å². The van der Waals surface area contributed by atoms with Gasteiger partial charge in [-0.2, -0.15) is 0 Å². The molecule has 28 heavy (non-hydrogen) atoms. The van der Waals surface area contributed by atoms with Crippen molar-refractivity contribution < 1.29 is 14.1 Å². The predicted molar refractivity (Wildman–Crippen MR) is 104 cm³/mol. The Bertz CT molecular complexity index is 772. The van der Waals surface area contributed by atoms with E-state index in [0.717, 1.165) is 57.6 Å². The van der Waals surface area contributed by atoms with Crippen LogP contribution in [0.1, 0.15) is 47.5 Å². The molecule has 4 heterocycles. The largest absolute Gasteiger partial charge is 0.490 e. The van der Waals surface area contributed by atoms with Gasteiger partial charge in [0.1, 0.15) is 23.2 Å². The van der Waals surface area contributed by atoms with Gasteiger partial charge >= 0.3 is 0 Å². The molecule has 2 aromatic heterocycles. The molecule has 2 aliphatic heterocycles. The highest BCUT2D eigenvalue weighted by molar-refractivity contribution is 5.96. The van der Waals surface area contributed by atoms with Crippen molar-refractivity contribution in [2.24, 2.45) is 0 Å². The van der Waals surface area contributed by atoms with Gasteiger partial charge in [-0.3, -0.25) is 14.7 Å². The maximum atomic E-state index is 12.8. The minimum atomic E-state index is 0.0548. The second-order valence-corrected chi connectivity index (χ2v) is 7.76. The third-order valence-electron chi connectivity index (χ3n) is 5.94. The first-order chi connectivity index (χ1) is 13.6. The van der Waals surface area contributed by atoms with Gasteiger partial charge in [-0.15, -0.1) is 0 Å². The number of rotatable bonds is 4. The number of hydrogen-bond acceptors (Lipinski definition) is 6.